The number of carbonyl (C=O) groups is 1. The van der Waals surface area contributed by atoms with Gasteiger partial charge in [0, 0.05) is 39.1 Å². The Morgan fingerprint density at radius 2 is 1.62 bits per heavy atom. The molecule has 0 fully saturated rings. The summed E-state index contributed by atoms with van der Waals surface area (Å²) in [6.45, 7) is 2.87. The first-order chi connectivity index (χ1) is 18.7. The molecule has 1 amide bonds. The van der Waals surface area contributed by atoms with Crippen molar-refractivity contribution in [1.29, 1.82) is 0 Å². The number of benzene rings is 4. The smallest absolute Gasteiger partial charge is 0.262 e. The van der Waals surface area contributed by atoms with E-state index >= 15 is 0 Å². The van der Waals surface area contributed by atoms with Crippen LogP contribution in [0.2, 0.25) is 5.02 Å². The average Bonchev–Trinajstić information content (AvgIpc) is 3.24. The number of hydrogen-bond acceptors (Lipinski definition) is 4. The van der Waals surface area contributed by atoms with E-state index in [-0.39, 0.29) is 19.1 Å². The maximum atomic E-state index is 12.6. The third kappa shape index (κ3) is 5.72. The van der Waals surface area contributed by atoms with Crippen LogP contribution in [0.3, 0.4) is 0 Å². The lowest BCUT2D eigenvalue weighted by molar-refractivity contribution is -0.118. The average molecular weight is 562 g/mol. The first kappa shape index (κ1) is 26.6. The van der Waals surface area contributed by atoms with Crippen LogP contribution in [-0.4, -0.2) is 31.8 Å². The summed E-state index contributed by atoms with van der Waals surface area (Å²) in [5.41, 5.74) is 4.12. The van der Waals surface area contributed by atoms with Crippen LogP contribution in [0.25, 0.3) is 21.8 Å². The van der Waals surface area contributed by atoms with E-state index in [0.29, 0.717) is 27.7 Å². The molecule has 0 saturated heterocycles. The minimum Gasteiger partial charge on any atom is -0.484 e. The summed E-state index contributed by atoms with van der Waals surface area (Å²) >= 11 is 6.24. The first-order valence-corrected chi connectivity index (χ1v) is 14.7. The first-order valence-electron chi connectivity index (χ1n) is 12.5. The number of anilines is 2. The highest BCUT2D eigenvalue weighted by molar-refractivity contribution is 7.92. The number of aryl methyl sites for hydroxylation is 1. The van der Waals surface area contributed by atoms with Crippen LogP contribution in [0.5, 0.6) is 5.75 Å². The summed E-state index contributed by atoms with van der Waals surface area (Å²) < 4.78 is 34.2. The second kappa shape index (κ2) is 11.0. The highest BCUT2D eigenvalue weighted by atomic mass is 35.5. The molecular formula is C30H28ClN3O4S. The van der Waals surface area contributed by atoms with E-state index in [1.165, 1.54) is 4.31 Å². The Kier molecular flexibility index (Phi) is 7.50. The van der Waals surface area contributed by atoms with E-state index in [4.69, 9.17) is 16.3 Å². The van der Waals surface area contributed by atoms with E-state index in [2.05, 4.69) is 28.9 Å². The Morgan fingerprint density at radius 1 is 0.923 bits per heavy atom. The van der Waals surface area contributed by atoms with Gasteiger partial charge in [-0.25, -0.2) is 8.42 Å². The molecule has 0 bridgehead atoms. The Balaban J connectivity index is 1.26. The second-order valence-electron chi connectivity index (χ2n) is 9.19. The van der Waals surface area contributed by atoms with Gasteiger partial charge in [-0.2, -0.15) is 0 Å². The van der Waals surface area contributed by atoms with Crippen molar-refractivity contribution >= 4 is 60.7 Å². The molecular weight excluding hydrogens is 534 g/mol. The Morgan fingerprint density at radius 3 is 2.33 bits per heavy atom. The molecule has 0 saturated carbocycles. The van der Waals surface area contributed by atoms with Crippen LogP contribution in [0.1, 0.15) is 12.5 Å². The maximum absolute atomic E-state index is 12.6. The van der Waals surface area contributed by atoms with E-state index in [9.17, 15) is 13.2 Å². The van der Waals surface area contributed by atoms with Gasteiger partial charge in [-0.1, -0.05) is 48.0 Å². The van der Waals surface area contributed by atoms with E-state index in [0.717, 1.165) is 34.6 Å². The van der Waals surface area contributed by atoms with Crippen molar-refractivity contribution in [2.45, 2.75) is 20.0 Å². The van der Waals surface area contributed by atoms with Crippen molar-refractivity contribution < 1.29 is 17.9 Å². The van der Waals surface area contributed by atoms with Gasteiger partial charge in [-0.3, -0.25) is 9.10 Å². The predicted molar refractivity (Wildman–Crippen MR) is 158 cm³/mol. The van der Waals surface area contributed by atoms with E-state index in [1.807, 2.05) is 36.4 Å². The number of nitrogens with zero attached hydrogens (tertiary/aromatic N) is 2. The lowest BCUT2D eigenvalue weighted by atomic mass is 10.1. The number of fused-ring (bicyclic) bond motifs is 3. The molecule has 0 unspecified atom stereocenters. The number of carbonyl (C=O) groups excluding carboxylic acids is 1. The van der Waals surface area contributed by atoms with Crippen LogP contribution in [0.15, 0.2) is 91.0 Å². The Labute approximate surface area is 232 Å². The van der Waals surface area contributed by atoms with Crippen molar-refractivity contribution in [3.05, 3.63) is 102 Å². The summed E-state index contributed by atoms with van der Waals surface area (Å²) in [7, 11) is -3.57. The third-order valence-corrected chi connectivity index (χ3v) is 8.05. The minimum absolute atomic E-state index is 0.0996. The van der Waals surface area contributed by atoms with Crippen molar-refractivity contribution in [2.75, 3.05) is 22.5 Å². The molecule has 9 heteroatoms. The SMILES string of the molecule is CCn1c2ccccc2c2cc(NC(=O)COc3ccc(N(Cc4ccccc4Cl)S(C)(=O)=O)cc3)ccc21. The normalized spacial score (nSPS) is 11.6. The topological polar surface area (TPSA) is 80.6 Å². The van der Waals surface area contributed by atoms with Gasteiger partial charge in [0.1, 0.15) is 5.75 Å². The summed E-state index contributed by atoms with van der Waals surface area (Å²) in [4.78, 5) is 12.6. The fraction of sp³-hybridized carbons (Fsp3) is 0.167. The largest absolute Gasteiger partial charge is 0.484 e. The molecule has 5 rings (SSSR count). The highest BCUT2D eigenvalue weighted by Crippen LogP contribution is 2.31. The lowest BCUT2D eigenvalue weighted by Gasteiger charge is -2.23. The van der Waals surface area contributed by atoms with E-state index < -0.39 is 10.0 Å². The van der Waals surface area contributed by atoms with Gasteiger partial charge in [-0.15, -0.1) is 0 Å². The van der Waals surface area contributed by atoms with E-state index in [1.54, 1.807) is 42.5 Å². The van der Waals surface area contributed by atoms with Crippen molar-refractivity contribution in [3.63, 3.8) is 0 Å². The third-order valence-electron chi connectivity index (χ3n) is 6.54. The molecule has 5 aromatic rings. The van der Waals surface area contributed by atoms with Crippen LogP contribution in [0, 0.1) is 0 Å². The van der Waals surface area contributed by atoms with Crippen LogP contribution < -0.4 is 14.4 Å². The Bertz CT molecular complexity index is 1760. The number of halogens is 1. The maximum Gasteiger partial charge on any atom is 0.262 e. The molecule has 0 aliphatic rings. The van der Waals surface area contributed by atoms with Gasteiger partial charge < -0.3 is 14.6 Å². The molecule has 0 atom stereocenters. The molecule has 39 heavy (non-hydrogen) atoms. The molecule has 7 nitrogen and oxygen atoms in total. The van der Waals surface area contributed by atoms with Crippen molar-refractivity contribution in [1.82, 2.24) is 4.57 Å². The standard InChI is InChI=1S/C30H28ClN3O4S/c1-3-33-28-11-7-5-9-25(28)26-18-22(12-17-29(26)33)32-30(35)20-38-24-15-13-23(14-16-24)34(39(2,36)37)19-21-8-4-6-10-27(21)31/h4-18H,3,19-20H2,1-2H3,(H,32,35). The number of sulfonamides is 1. The summed E-state index contributed by atoms with van der Waals surface area (Å²) in [6, 6.07) is 27.8. The Hall–Kier alpha value is -4.01. The molecule has 0 radical (unpaired) electrons. The number of amides is 1. The molecule has 1 heterocycles. The number of rotatable bonds is 9. The van der Waals surface area contributed by atoms with Crippen molar-refractivity contribution in [3.8, 4) is 5.75 Å². The zero-order valence-electron chi connectivity index (χ0n) is 21.6. The molecule has 1 aromatic heterocycles. The number of ether oxygens (including phenoxy) is 1. The molecule has 200 valence electrons. The fourth-order valence-corrected chi connectivity index (χ4v) is 5.78. The molecule has 0 aliphatic carbocycles. The quantitative estimate of drug-likeness (QED) is 0.224. The predicted octanol–water partition coefficient (Wildman–Crippen LogP) is 6.45. The number of aromatic nitrogens is 1. The molecule has 0 aliphatic heterocycles. The zero-order valence-corrected chi connectivity index (χ0v) is 23.2. The monoisotopic (exact) mass is 561 g/mol. The molecule has 0 spiro atoms. The van der Waals surface area contributed by atoms with Crippen molar-refractivity contribution in [2.24, 2.45) is 0 Å². The fourth-order valence-electron chi connectivity index (χ4n) is 4.71. The minimum atomic E-state index is -3.57. The highest BCUT2D eigenvalue weighted by Gasteiger charge is 2.19. The van der Waals surface area contributed by atoms with Gasteiger partial charge in [0.15, 0.2) is 6.61 Å². The summed E-state index contributed by atoms with van der Waals surface area (Å²) in [5.74, 6) is 0.149. The number of para-hydroxylation sites is 1. The second-order valence-corrected chi connectivity index (χ2v) is 11.5. The summed E-state index contributed by atoms with van der Waals surface area (Å²) in [6.07, 6.45) is 1.15. The molecule has 4 aromatic carbocycles. The van der Waals surface area contributed by atoms with Gasteiger partial charge in [0.25, 0.3) is 5.91 Å². The van der Waals surface area contributed by atoms with Gasteiger partial charge in [-0.05, 0) is 67.1 Å². The lowest BCUT2D eigenvalue weighted by Crippen LogP contribution is -2.29. The van der Waals surface area contributed by atoms with Gasteiger partial charge in [0.05, 0.1) is 18.5 Å². The van der Waals surface area contributed by atoms with Gasteiger partial charge >= 0.3 is 0 Å². The summed E-state index contributed by atoms with van der Waals surface area (Å²) in [5, 5.41) is 5.61. The van der Waals surface area contributed by atoms with Crippen LogP contribution in [-0.2, 0) is 27.9 Å². The van der Waals surface area contributed by atoms with Crippen LogP contribution in [0.4, 0.5) is 11.4 Å². The number of hydrogen-bond donors (Lipinski definition) is 1. The zero-order chi connectivity index (χ0) is 27.6. The molecule has 1 N–H and O–H groups in total. The van der Waals surface area contributed by atoms with Crippen LogP contribution >= 0.6 is 11.6 Å². The number of nitrogens with one attached hydrogen (secondary N) is 1. The van der Waals surface area contributed by atoms with Gasteiger partial charge in [0.2, 0.25) is 10.0 Å².